The molecular formula is C7H10ClNO2S2. The molecule has 0 aliphatic rings. The molecule has 0 saturated carbocycles. The van der Waals surface area contributed by atoms with E-state index in [-0.39, 0.29) is 10.1 Å². The Morgan fingerprint density at radius 2 is 2.31 bits per heavy atom. The lowest BCUT2D eigenvalue weighted by Gasteiger charge is -1.96. The molecule has 1 heterocycles. The molecule has 0 unspecified atom stereocenters. The van der Waals surface area contributed by atoms with E-state index < -0.39 is 9.84 Å². The molecule has 1 aromatic rings. The maximum atomic E-state index is 11.5. The van der Waals surface area contributed by atoms with E-state index in [0.29, 0.717) is 12.3 Å². The van der Waals surface area contributed by atoms with Crippen LogP contribution < -0.4 is 0 Å². The summed E-state index contributed by atoms with van der Waals surface area (Å²) in [5.74, 6) is 0.451. The van der Waals surface area contributed by atoms with Gasteiger partial charge in [-0.05, 0) is 13.3 Å². The molecule has 0 amide bonds. The summed E-state index contributed by atoms with van der Waals surface area (Å²) >= 11 is 6.58. The minimum atomic E-state index is -3.18. The van der Waals surface area contributed by atoms with E-state index in [1.54, 1.807) is 12.3 Å². The summed E-state index contributed by atoms with van der Waals surface area (Å²) in [5, 5.41) is 1.73. The molecule has 0 aliphatic carbocycles. The van der Waals surface area contributed by atoms with Crippen LogP contribution in [0.4, 0.5) is 0 Å². The molecule has 0 atom stereocenters. The van der Waals surface area contributed by atoms with E-state index >= 15 is 0 Å². The van der Waals surface area contributed by atoms with Crippen molar-refractivity contribution in [2.75, 3.05) is 11.6 Å². The summed E-state index contributed by atoms with van der Waals surface area (Å²) < 4.78 is 23.2. The number of thiazole rings is 1. The number of halogens is 1. The lowest BCUT2D eigenvalue weighted by atomic mass is 10.6. The SMILES string of the molecule is Cc1csc(S(=O)(=O)CCCCl)n1. The average Bonchev–Trinajstić information content (AvgIpc) is 2.49. The average molecular weight is 240 g/mol. The van der Waals surface area contributed by atoms with Gasteiger partial charge in [-0.3, -0.25) is 0 Å². The highest BCUT2D eigenvalue weighted by Crippen LogP contribution is 2.17. The van der Waals surface area contributed by atoms with Gasteiger partial charge in [-0.25, -0.2) is 13.4 Å². The van der Waals surface area contributed by atoms with Crippen molar-refractivity contribution in [3.05, 3.63) is 11.1 Å². The number of sulfone groups is 1. The first-order valence-electron chi connectivity index (χ1n) is 3.77. The van der Waals surface area contributed by atoms with Gasteiger partial charge in [0, 0.05) is 17.0 Å². The molecule has 0 saturated heterocycles. The van der Waals surface area contributed by atoms with Crippen molar-refractivity contribution in [1.82, 2.24) is 4.98 Å². The number of hydrogen-bond donors (Lipinski definition) is 0. The Balaban J connectivity index is 2.82. The van der Waals surface area contributed by atoms with Gasteiger partial charge in [0.15, 0.2) is 0 Å². The first kappa shape index (κ1) is 10.9. The van der Waals surface area contributed by atoms with E-state index in [9.17, 15) is 8.42 Å². The Bertz CT molecular complexity index is 372. The zero-order valence-electron chi connectivity index (χ0n) is 7.16. The van der Waals surface area contributed by atoms with Crippen LogP contribution in [0.25, 0.3) is 0 Å². The van der Waals surface area contributed by atoms with Crippen molar-refractivity contribution in [3.63, 3.8) is 0 Å². The molecule has 0 spiro atoms. The van der Waals surface area contributed by atoms with Gasteiger partial charge in [0.1, 0.15) is 0 Å². The number of aromatic nitrogens is 1. The van der Waals surface area contributed by atoms with Gasteiger partial charge < -0.3 is 0 Å². The topological polar surface area (TPSA) is 47.0 Å². The molecule has 0 aliphatic heterocycles. The predicted octanol–water partition coefficient (Wildman–Crippen LogP) is 1.85. The van der Waals surface area contributed by atoms with Gasteiger partial charge in [-0.15, -0.1) is 22.9 Å². The molecule has 0 N–H and O–H groups in total. The number of hydrogen-bond acceptors (Lipinski definition) is 4. The van der Waals surface area contributed by atoms with Crippen LogP contribution in [0.1, 0.15) is 12.1 Å². The Kier molecular flexibility index (Phi) is 3.70. The van der Waals surface area contributed by atoms with Gasteiger partial charge in [-0.2, -0.15) is 0 Å². The highest BCUT2D eigenvalue weighted by Gasteiger charge is 2.17. The Labute approximate surface area is 86.7 Å². The van der Waals surface area contributed by atoms with Crippen molar-refractivity contribution >= 4 is 32.8 Å². The second kappa shape index (κ2) is 4.39. The first-order valence-corrected chi connectivity index (χ1v) is 6.84. The first-order chi connectivity index (χ1) is 6.06. The Morgan fingerprint density at radius 1 is 1.62 bits per heavy atom. The fraction of sp³-hybridized carbons (Fsp3) is 0.571. The molecule has 0 bridgehead atoms. The molecule has 0 radical (unpaired) electrons. The summed E-state index contributed by atoms with van der Waals surface area (Å²) in [6.45, 7) is 1.77. The van der Waals surface area contributed by atoms with Crippen molar-refractivity contribution in [2.24, 2.45) is 0 Å². The van der Waals surface area contributed by atoms with Crippen LogP contribution in [-0.4, -0.2) is 25.0 Å². The van der Waals surface area contributed by atoms with Gasteiger partial charge >= 0.3 is 0 Å². The minimum Gasteiger partial charge on any atom is -0.231 e. The third kappa shape index (κ3) is 2.93. The second-order valence-electron chi connectivity index (χ2n) is 2.62. The second-order valence-corrected chi connectivity index (χ2v) is 6.14. The Morgan fingerprint density at radius 3 is 2.77 bits per heavy atom. The van der Waals surface area contributed by atoms with Crippen LogP contribution >= 0.6 is 22.9 Å². The number of nitrogens with zero attached hydrogens (tertiary/aromatic N) is 1. The lowest BCUT2D eigenvalue weighted by molar-refractivity contribution is 0.594. The van der Waals surface area contributed by atoms with Crippen LogP contribution in [0.3, 0.4) is 0 Å². The summed E-state index contributed by atoms with van der Waals surface area (Å²) in [7, 11) is -3.18. The highest BCUT2D eigenvalue weighted by atomic mass is 35.5. The summed E-state index contributed by atoms with van der Waals surface area (Å²) in [4.78, 5) is 3.92. The zero-order valence-corrected chi connectivity index (χ0v) is 9.55. The number of rotatable bonds is 4. The van der Waals surface area contributed by atoms with Crippen molar-refractivity contribution in [2.45, 2.75) is 17.7 Å². The van der Waals surface area contributed by atoms with Crippen LogP contribution in [-0.2, 0) is 9.84 Å². The number of alkyl halides is 1. The van der Waals surface area contributed by atoms with Crippen LogP contribution in [0.2, 0.25) is 0 Å². The molecule has 1 aromatic heterocycles. The standard InChI is InChI=1S/C7H10ClNO2S2/c1-6-5-12-7(9-6)13(10,11)4-2-3-8/h5H,2-4H2,1H3. The fourth-order valence-electron chi connectivity index (χ4n) is 0.807. The quantitative estimate of drug-likeness (QED) is 0.754. The molecule has 13 heavy (non-hydrogen) atoms. The van der Waals surface area contributed by atoms with Crippen LogP contribution in [0, 0.1) is 6.92 Å². The fourth-order valence-corrected chi connectivity index (χ4v) is 3.58. The van der Waals surface area contributed by atoms with Crippen molar-refractivity contribution < 1.29 is 8.42 Å². The van der Waals surface area contributed by atoms with Gasteiger partial charge in [0.2, 0.25) is 14.2 Å². The lowest BCUT2D eigenvalue weighted by Crippen LogP contribution is -2.06. The smallest absolute Gasteiger partial charge is 0.209 e. The van der Waals surface area contributed by atoms with Crippen LogP contribution in [0.15, 0.2) is 9.72 Å². The molecule has 6 heteroatoms. The van der Waals surface area contributed by atoms with Gasteiger partial charge in [0.25, 0.3) is 0 Å². The molecule has 74 valence electrons. The van der Waals surface area contributed by atoms with Gasteiger partial charge in [-0.1, -0.05) is 0 Å². The largest absolute Gasteiger partial charge is 0.231 e. The van der Waals surface area contributed by atoms with E-state index in [1.807, 2.05) is 0 Å². The third-order valence-electron chi connectivity index (χ3n) is 1.41. The highest BCUT2D eigenvalue weighted by molar-refractivity contribution is 7.93. The molecule has 0 fully saturated rings. The number of aryl methyl sites for hydroxylation is 1. The van der Waals surface area contributed by atoms with Crippen molar-refractivity contribution in [3.8, 4) is 0 Å². The predicted molar refractivity (Wildman–Crippen MR) is 54.2 cm³/mol. The Hall–Kier alpha value is -0.130. The van der Waals surface area contributed by atoms with Gasteiger partial charge in [0.05, 0.1) is 5.75 Å². The van der Waals surface area contributed by atoms with Crippen molar-refractivity contribution in [1.29, 1.82) is 0 Å². The monoisotopic (exact) mass is 239 g/mol. The van der Waals surface area contributed by atoms with E-state index in [0.717, 1.165) is 17.0 Å². The maximum Gasteiger partial charge on any atom is 0.209 e. The molecule has 0 aromatic carbocycles. The maximum absolute atomic E-state index is 11.5. The summed E-state index contributed by atoms with van der Waals surface area (Å²) in [5.41, 5.74) is 0.745. The molecule has 1 rings (SSSR count). The normalized spacial score (nSPS) is 11.8. The summed E-state index contributed by atoms with van der Waals surface area (Å²) in [6, 6.07) is 0. The van der Waals surface area contributed by atoms with E-state index in [1.165, 1.54) is 0 Å². The minimum absolute atomic E-state index is 0.0868. The van der Waals surface area contributed by atoms with E-state index in [2.05, 4.69) is 4.98 Å². The zero-order chi connectivity index (χ0) is 9.90. The van der Waals surface area contributed by atoms with Crippen LogP contribution in [0.5, 0.6) is 0 Å². The third-order valence-corrected chi connectivity index (χ3v) is 4.93. The molecule has 3 nitrogen and oxygen atoms in total. The summed E-state index contributed by atoms with van der Waals surface area (Å²) in [6.07, 6.45) is 0.475. The molecular weight excluding hydrogens is 230 g/mol. The van der Waals surface area contributed by atoms with E-state index in [4.69, 9.17) is 11.6 Å².